The maximum Gasteiger partial charge on any atom is 0.222 e. The molecule has 3 rings (SSSR count). The van der Waals surface area contributed by atoms with Crippen LogP contribution in [0.2, 0.25) is 0 Å². The molecule has 100 valence electrons. The van der Waals surface area contributed by atoms with Crippen LogP contribution in [0.15, 0.2) is 28.3 Å². The topological polar surface area (TPSA) is 49.8 Å². The van der Waals surface area contributed by atoms with E-state index in [4.69, 9.17) is 0 Å². The Labute approximate surface area is 124 Å². The zero-order chi connectivity index (χ0) is 13.1. The smallest absolute Gasteiger partial charge is 0.222 e. The van der Waals surface area contributed by atoms with Crippen molar-refractivity contribution in [3.05, 3.63) is 28.3 Å². The van der Waals surface area contributed by atoms with Crippen molar-refractivity contribution in [3.8, 4) is 10.4 Å². The quantitative estimate of drug-likeness (QED) is 0.899. The summed E-state index contributed by atoms with van der Waals surface area (Å²) in [6, 6.07) is 4.12. The second-order valence-corrected chi connectivity index (χ2v) is 7.10. The summed E-state index contributed by atoms with van der Waals surface area (Å²) in [4.78, 5) is 9.93. The molecule has 0 bridgehead atoms. The van der Waals surface area contributed by atoms with Crippen molar-refractivity contribution in [1.29, 1.82) is 0 Å². The minimum absolute atomic E-state index is 0.691. The van der Waals surface area contributed by atoms with Gasteiger partial charge in [-0.3, -0.25) is 0 Å². The number of nitrogens with zero attached hydrogens (tertiary/aromatic N) is 2. The van der Waals surface area contributed by atoms with Crippen molar-refractivity contribution in [1.82, 2.24) is 15.3 Å². The molecule has 4 nitrogen and oxygen atoms in total. The predicted molar refractivity (Wildman–Crippen MR) is 82.5 cm³/mol. The Morgan fingerprint density at radius 1 is 1.37 bits per heavy atom. The highest BCUT2D eigenvalue weighted by Gasteiger charge is 2.14. The number of halogens is 1. The number of aromatic nitrogens is 2. The second-order valence-electron chi connectivity index (χ2n) is 4.64. The third-order valence-electron chi connectivity index (χ3n) is 3.22. The Hall–Kier alpha value is -0.980. The van der Waals surface area contributed by atoms with Crippen LogP contribution in [-0.2, 0) is 0 Å². The Balaban J connectivity index is 1.62. The number of nitrogens with one attached hydrogen (secondary N) is 2. The zero-order valence-corrected chi connectivity index (χ0v) is 12.8. The molecule has 0 saturated carbocycles. The predicted octanol–water partition coefficient (Wildman–Crippen LogP) is 2.99. The van der Waals surface area contributed by atoms with Gasteiger partial charge in [-0.25, -0.2) is 9.97 Å². The number of hydrogen-bond acceptors (Lipinski definition) is 5. The van der Waals surface area contributed by atoms with E-state index in [1.165, 1.54) is 11.3 Å². The molecule has 1 atom stereocenters. The van der Waals surface area contributed by atoms with Crippen LogP contribution in [0, 0.1) is 5.92 Å². The molecule has 2 aromatic heterocycles. The van der Waals surface area contributed by atoms with Gasteiger partial charge in [-0.1, -0.05) is 0 Å². The third kappa shape index (κ3) is 3.32. The fourth-order valence-corrected chi connectivity index (χ4v) is 3.50. The standard InChI is InChI=1S/C13H15BrN4S/c14-12-2-1-11(19-12)10-7-17-13(18-8-10)16-6-9-3-4-15-5-9/h1-2,7-9,15H,3-6H2,(H,16,17,18). The Morgan fingerprint density at radius 3 is 2.84 bits per heavy atom. The maximum absolute atomic E-state index is 4.37. The molecule has 1 fully saturated rings. The summed E-state index contributed by atoms with van der Waals surface area (Å²) in [5.74, 6) is 1.41. The second kappa shape index (κ2) is 5.98. The van der Waals surface area contributed by atoms with Gasteiger partial charge < -0.3 is 10.6 Å². The number of anilines is 1. The maximum atomic E-state index is 4.37. The molecule has 1 saturated heterocycles. The average molecular weight is 339 g/mol. The fraction of sp³-hybridized carbons (Fsp3) is 0.385. The van der Waals surface area contributed by atoms with E-state index in [0.29, 0.717) is 11.9 Å². The van der Waals surface area contributed by atoms with Gasteiger partial charge >= 0.3 is 0 Å². The summed E-state index contributed by atoms with van der Waals surface area (Å²) < 4.78 is 1.12. The van der Waals surface area contributed by atoms with Crippen LogP contribution in [0.25, 0.3) is 10.4 Å². The summed E-state index contributed by atoms with van der Waals surface area (Å²) in [7, 11) is 0. The highest BCUT2D eigenvalue weighted by Crippen LogP contribution is 2.30. The molecule has 0 spiro atoms. The van der Waals surface area contributed by atoms with Gasteiger partial charge in [-0.2, -0.15) is 0 Å². The Bertz CT molecular complexity index is 534. The average Bonchev–Trinajstić information content (AvgIpc) is 3.08. The molecule has 0 amide bonds. The van der Waals surface area contributed by atoms with Gasteiger partial charge in [0.1, 0.15) is 0 Å². The lowest BCUT2D eigenvalue weighted by molar-refractivity contribution is 0.613. The molecular formula is C13H15BrN4S. The minimum atomic E-state index is 0.691. The lowest BCUT2D eigenvalue weighted by Gasteiger charge is -2.09. The van der Waals surface area contributed by atoms with E-state index in [9.17, 15) is 0 Å². The van der Waals surface area contributed by atoms with Gasteiger partial charge in [0.25, 0.3) is 0 Å². The van der Waals surface area contributed by atoms with E-state index in [1.54, 1.807) is 11.3 Å². The molecule has 0 aliphatic carbocycles. The summed E-state index contributed by atoms with van der Waals surface area (Å²) in [6.45, 7) is 3.16. The number of rotatable bonds is 4. The first-order valence-corrected chi connectivity index (χ1v) is 7.94. The van der Waals surface area contributed by atoms with Crippen LogP contribution in [0.3, 0.4) is 0 Å². The van der Waals surface area contributed by atoms with Crippen molar-refractivity contribution in [2.24, 2.45) is 5.92 Å². The minimum Gasteiger partial charge on any atom is -0.354 e. The van der Waals surface area contributed by atoms with E-state index < -0.39 is 0 Å². The number of thiophene rings is 1. The van der Waals surface area contributed by atoms with Crippen molar-refractivity contribution in [2.45, 2.75) is 6.42 Å². The molecule has 19 heavy (non-hydrogen) atoms. The van der Waals surface area contributed by atoms with E-state index in [-0.39, 0.29) is 0 Å². The monoisotopic (exact) mass is 338 g/mol. The molecule has 3 heterocycles. The van der Waals surface area contributed by atoms with Crippen LogP contribution in [0.1, 0.15) is 6.42 Å². The largest absolute Gasteiger partial charge is 0.354 e. The van der Waals surface area contributed by atoms with Crippen LogP contribution in [-0.4, -0.2) is 29.6 Å². The summed E-state index contributed by atoms with van der Waals surface area (Å²) >= 11 is 5.15. The Kier molecular flexibility index (Phi) is 4.10. The van der Waals surface area contributed by atoms with E-state index >= 15 is 0 Å². The van der Waals surface area contributed by atoms with Crippen molar-refractivity contribution in [3.63, 3.8) is 0 Å². The summed E-state index contributed by atoms with van der Waals surface area (Å²) in [5, 5.41) is 6.66. The van der Waals surface area contributed by atoms with E-state index in [0.717, 1.165) is 29.0 Å². The highest BCUT2D eigenvalue weighted by atomic mass is 79.9. The van der Waals surface area contributed by atoms with Gasteiger partial charge in [-0.15, -0.1) is 11.3 Å². The molecule has 6 heteroatoms. The molecule has 0 radical (unpaired) electrons. The summed E-state index contributed by atoms with van der Waals surface area (Å²) in [5.41, 5.74) is 1.06. The molecular weight excluding hydrogens is 324 g/mol. The lowest BCUT2D eigenvalue weighted by atomic mass is 10.1. The molecule has 1 aliphatic rings. The normalized spacial score (nSPS) is 18.7. The lowest BCUT2D eigenvalue weighted by Crippen LogP contribution is -2.18. The van der Waals surface area contributed by atoms with Crippen LogP contribution in [0.4, 0.5) is 5.95 Å². The van der Waals surface area contributed by atoms with Gasteiger partial charge in [0.15, 0.2) is 0 Å². The van der Waals surface area contributed by atoms with Gasteiger partial charge in [0, 0.05) is 29.4 Å². The van der Waals surface area contributed by atoms with Gasteiger partial charge in [0.2, 0.25) is 5.95 Å². The van der Waals surface area contributed by atoms with Gasteiger partial charge in [-0.05, 0) is 53.5 Å². The van der Waals surface area contributed by atoms with Gasteiger partial charge in [0.05, 0.1) is 3.79 Å². The first kappa shape index (κ1) is 13.0. The van der Waals surface area contributed by atoms with Crippen molar-refractivity contribution < 1.29 is 0 Å². The zero-order valence-electron chi connectivity index (χ0n) is 10.4. The van der Waals surface area contributed by atoms with E-state index in [2.05, 4.69) is 42.6 Å². The molecule has 1 aliphatic heterocycles. The van der Waals surface area contributed by atoms with Crippen LogP contribution in [0.5, 0.6) is 0 Å². The highest BCUT2D eigenvalue weighted by molar-refractivity contribution is 9.11. The summed E-state index contributed by atoms with van der Waals surface area (Å²) in [6.07, 6.45) is 4.98. The SMILES string of the molecule is Brc1ccc(-c2cnc(NCC3CCNC3)nc2)s1. The third-order valence-corrected chi connectivity index (χ3v) is 4.89. The molecule has 2 aromatic rings. The van der Waals surface area contributed by atoms with Crippen LogP contribution < -0.4 is 10.6 Å². The molecule has 0 aromatic carbocycles. The van der Waals surface area contributed by atoms with Crippen molar-refractivity contribution in [2.75, 3.05) is 25.0 Å². The molecule has 1 unspecified atom stereocenters. The molecule has 2 N–H and O–H groups in total. The first-order chi connectivity index (χ1) is 9.31. The van der Waals surface area contributed by atoms with Crippen LogP contribution >= 0.6 is 27.3 Å². The number of hydrogen-bond donors (Lipinski definition) is 2. The fourth-order valence-electron chi connectivity index (χ4n) is 2.14. The first-order valence-electron chi connectivity index (χ1n) is 6.33. The van der Waals surface area contributed by atoms with Crippen molar-refractivity contribution >= 4 is 33.2 Å². The Morgan fingerprint density at radius 2 is 2.21 bits per heavy atom. The van der Waals surface area contributed by atoms with E-state index in [1.807, 2.05) is 18.5 Å².